The average molecular weight is 378 g/mol. The Morgan fingerprint density at radius 2 is 1.65 bits per heavy atom. The predicted octanol–water partition coefficient (Wildman–Crippen LogP) is 1.67. The largest absolute Gasteiger partial charge is 0.463 e. The highest BCUT2D eigenvalue weighted by Gasteiger charge is 2.54. The van der Waals surface area contributed by atoms with Gasteiger partial charge in [0.15, 0.2) is 0 Å². The van der Waals surface area contributed by atoms with E-state index < -0.39 is 21.5 Å². The van der Waals surface area contributed by atoms with Crippen molar-refractivity contribution in [2.45, 2.75) is 49.0 Å². The summed E-state index contributed by atoms with van der Waals surface area (Å²) in [5, 5.41) is 0. The number of rotatable bonds is 3. The molecule has 1 amide bonds. The number of amides is 1. The molecule has 3 fully saturated rings. The van der Waals surface area contributed by atoms with E-state index in [2.05, 4.69) is 0 Å². The fraction of sp³-hybridized carbons (Fsp3) is 0.556. The SMILES string of the molecule is O=C1CCCN1c1ccc(S(=O)(=O)N2CCOC(=O)C23CCCC3)cc1. The summed E-state index contributed by atoms with van der Waals surface area (Å²) >= 11 is 0. The van der Waals surface area contributed by atoms with Gasteiger partial charge in [-0.25, -0.2) is 8.42 Å². The molecule has 0 unspecified atom stereocenters. The van der Waals surface area contributed by atoms with Crippen molar-refractivity contribution in [3.63, 3.8) is 0 Å². The zero-order valence-corrected chi connectivity index (χ0v) is 15.3. The molecule has 1 saturated carbocycles. The van der Waals surface area contributed by atoms with Gasteiger partial charge < -0.3 is 9.64 Å². The van der Waals surface area contributed by atoms with E-state index in [1.165, 1.54) is 16.4 Å². The number of carbonyl (C=O) groups excluding carboxylic acids is 2. The van der Waals surface area contributed by atoms with Crippen molar-refractivity contribution < 1.29 is 22.7 Å². The lowest BCUT2D eigenvalue weighted by Crippen LogP contribution is -2.60. The molecule has 3 aliphatic rings. The van der Waals surface area contributed by atoms with Crippen LogP contribution < -0.4 is 4.90 Å². The van der Waals surface area contributed by atoms with E-state index >= 15 is 0 Å². The van der Waals surface area contributed by atoms with Crippen LogP contribution in [0.2, 0.25) is 0 Å². The fourth-order valence-electron chi connectivity index (χ4n) is 4.28. The lowest BCUT2D eigenvalue weighted by Gasteiger charge is -2.41. The monoisotopic (exact) mass is 378 g/mol. The van der Waals surface area contributed by atoms with E-state index in [1.54, 1.807) is 17.0 Å². The molecule has 8 heteroatoms. The van der Waals surface area contributed by atoms with Crippen LogP contribution in [-0.4, -0.2) is 49.8 Å². The molecule has 4 rings (SSSR count). The van der Waals surface area contributed by atoms with Crippen LogP contribution in [-0.2, 0) is 24.3 Å². The summed E-state index contributed by atoms with van der Waals surface area (Å²) in [6, 6.07) is 6.39. The first kappa shape index (κ1) is 17.5. The summed E-state index contributed by atoms with van der Waals surface area (Å²) < 4.78 is 33.0. The van der Waals surface area contributed by atoms with Gasteiger partial charge in [-0.2, -0.15) is 4.31 Å². The molecule has 2 saturated heterocycles. The molecule has 7 nitrogen and oxygen atoms in total. The standard InChI is InChI=1S/C18H22N2O5S/c21-16-4-3-11-19(16)14-5-7-15(8-6-14)26(23,24)20-12-13-25-17(22)18(20)9-1-2-10-18/h5-8H,1-4,9-13H2. The summed E-state index contributed by atoms with van der Waals surface area (Å²) in [5.41, 5.74) is -0.346. The second-order valence-electron chi connectivity index (χ2n) is 7.09. The fourth-order valence-corrected chi connectivity index (χ4v) is 6.05. The zero-order chi connectivity index (χ0) is 18.4. The van der Waals surface area contributed by atoms with E-state index in [4.69, 9.17) is 4.74 Å². The van der Waals surface area contributed by atoms with Crippen LogP contribution in [0.15, 0.2) is 29.2 Å². The molecule has 0 radical (unpaired) electrons. The normalized spacial score (nSPS) is 23.6. The predicted molar refractivity (Wildman–Crippen MR) is 94.1 cm³/mol. The molecule has 1 aliphatic carbocycles. The van der Waals surface area contributed by atoms with Crippen LogP contribution in [0.1, 0.15) is 38.5 Å². The Hall–Kier alpha value is -1.93. The number of cyclic esters (lactones) is 1. The molecule has 1 aromatic carbocycles. The second-order valence-corrected chi connectivity index (χ2v) is 8.96. The van der Waals surface area contributed by atoms with Crippen molar-refractivity contribution in [2.24, 2.45) is 0 Å². The number of benzene rings is 1. The summed E-state index contributed by atoms with van der Waals surface area (Å²) in [5.74, 6) is -0.367. The van der Waals surface area contributed by atoms with Crippen molar-refractivity contribution in [2.75, 3.05) is 24.6 Å². The minimum atomic E-state index is -3.81. The van der Waals surface area contributed by atoms with Gasteiger partial charge in [-0.3, -0.25) is 9.59 Å². The number of hydrogen-bond donors (Lipinski definition) is 0. The van der Waals surface area contributed by atoms with Gasteiger partial charge in [-0.05, 0) is 43.5 Å². The number of ether oxygens (including phenoxy) is 1. The topological polar surface area (TPSA) is 84.0 Å². The second kappa shape index (κ2) is 6.35. The third kappa shape index (κ3) is 2.63. The summed E-state index contributed by atoms with van der Waals surface area (Å²) in [6.45, 7) is 0.923. The average Bonchev–Trinajstić information content (AvgIpc) is 3.27. The molecule has 26 heavy (non-hydrogen) atoms. The first-order chi connectivity index (χ1) is 12.4. The molecular weight excluding hydrogens is 356 g/mol. The quantitative estimate of drug-likeness (QED) is 0.747. The van der Waals surface area contributed by atoms with E-state index in [-0.39, 0.29) is 24.0 Å². The van der Waals surface area contributed by atoms with Crippen LogP contribution in [0.3, 0.4) is 0 Å². The van der Waals surface area contributed by atoms with Gasteiger partial charge in [0.2, 0.25) is 15.9 Å². The van der Waals surface area contributed by atoms with Crippen molar-refractivity contribution in [1.29, 1.82) is 0 Å². The Balaban J connectivity index is 1.65. The van der Waals surface area contributed by atoms with E-state index in [1.807, 2.05) is 0 Å². The van der Waals surface area contributed by atoms with Gasteiger partial charge in [0.25, 0.3) is 0 Å². The van der Waals surface area contributed by atoms with Crippen LogP contribution >= 0.6 is 0 Å². The maximum Gasteiger partial charge on any atom is 0.327 e. The van der Waals surface area contributed by atoms with Crippen molar-refractivity contribution in [3.8, 4) is 0 Å². The summed E-state index contributed by atoms with van der Waals surface area (Å²) in [4.78, 5) is 26.1. The van der Waals surface area contributed by atoms with Crippen molar-refractivity contribution in [3.05, 3.63) is 24.3 Å². The Morgan fingerprint density at radius 3 is 2.27 bits per heavy atom. The molecule has 2 heterocycles. The molecule has 1 aromatic rings. The molecular formula is C18H22N2O5S. The van der Waals surface area contributed by atoms with Crippen LogP contribution in [0.4, 0.5) is 5.69 Å². The Morgan fingerprint density at radius 1 is 0.962 bits per heavy atom. The van der Waals surface area contributed by atoms with E-state index in [0.717, 1.165) is 19.3 Å². The van der Waals surface area contributed by atoms with Crippen LogP contribution in [0.25, 0.3) is 0 Å². The summed E-state index contributed by atoms with van der Waals surface area (Å²) in [6.07, 6.45) is 3.99. The maximum absolute atomic E-state index is 13.2. The van der Waals surface area contributed by atoms with Gasteiger partial charge >= 0.3 is 5.97 Å². The van der Waals surface area contributed by atoms with Gasteiger partial charge in [0.05, 0.1) is 4.90 Å². The molecule has 0 N–H and O–H groups in total. The molecule has 0 aromatic heterocycles. The number of esters is 1. The van der Waals surface area contributed by atoms with Crippen molar-refractivity contribution >= 4 is 27.6 Å². The van der Waals surface area contributed by atoms with Gasteiger partial charge in [-0.1, -0.05) is 12.8 Å². The van der Waals surface area contributed by atoms with E-state index in [9.17, 15) is 18.0 Å². The Bertz CT molecular complexity index is 828. The lowest BCUT2D eigenvalue weighted by atomic mass is 9.97. The third-order valence-electron chi connectivity index (χ3n) is 5.63. The molecule has 140 valence electrons. The summed E-state index contributed by atoms with van der Waals surface area (Å²) in [7, 11) is -3.81. The van der Waals surface area contributed by atoms with Gasteiger partial charge in [0, 0.05) is 25.2 Å². The minimum absolute atomic E-state index is 0.0595. The highest BCUT2D eigenvalue weighted by Crippen LogP contribution is 2.41. The number of anilines is 1. The lowest BCUT2D eigenvalue weighted by molar-refractivity contribution is -0.162. The smallest absolute Gasteiger partial charge is 0.327 e. The number of morpholine rings is 1. The van der Waals surface area contributed by atoms with E-state index in [0.29, 0.717) is 31.5 Å². The Labute approximate surface area is 153 Å². The molecule has 1 spiro atoms. The van der Waals surface area contributed by atoms with Crippen molar-refractivity contribution in [1.82, 2.24) is 4.31 Å². The minimum Gasteiger partial charge on any atom is -0.463 e. The number of hydrogen-bond acceptors (Lipinski definition) is 5. The Kier molecular flexibility index (Phi) is 4.27. The number of carbonyl (C=O) groups is 2. The highest BCUT2D eigenvalue weighted by molar-refractivity contribution is 7.89. The zero-order valence-electron chi connectivity index (χ0n) is 14.5. The van der Waals surface area contributed by atoms with Gasteiger partial charge in [0.1, 0.15) is 12.1 Å². The number of sulfonamides is 1. The highest BCUT2D eigenvalue weighted by atomic mass is 32.2. The third-order valence-corrected chi connectivity index (χ3v) is 7.61. The van der Waals surface area contributed by atoms with Crippen LogP contribution in [0.5, 0.6) is 0 Å². The molecule has 2 aliphatic heterocycles. The first-order valence-corrected chi connectivity index (χ1v) is 10.5. The van der Waals surface area contributed by atoms with Gasteiger partial charge in [-0.15, -0.1) is 0 Å². The molecule has 0 bridgehead atoms. The molecule has 0 atom stereocenters. The maximum atomic E-state index is 13.2. The van der Waals surface area contributed by atoms with Crippen LogP contribution in [0, 0.1) is 0 Å². The first-order valence-electron chi connectivity index (χ1n) is 9.06. The number of nitrogens with zero attached hydrogens (tertiary/aromatic N) is 2.